The molecule has 73 heavy (non-hydrogen) atoms. The van der Waals surface area contributed by atoms with Gasteiger partial charge in [0.05, 0.1) is 16.3 Å². The van der Waals surface area contributed by atoms with Crippen LogP contribution in [-0.2, 0) is 27.2 Å². The number of hydrogen-bond acceptors (Lipinski definition) is 8. The van der Waals surface area contributed by atoms with E-state index in [4.69, 9.17) is 13.7 Å². The maximum atomic E-state index is 13.2. The average Bonchev–Trinajstić information content (AvgIpc) is 3.55. The molecule has 9 heteroatoms. The molecule has 9 aromatic rings. The number of aromatic hydroxyl groups is 1. The van der Waals surface area contributed by atoms with Crippen LogP contribution in [-0.4, -0.2) is 31.1 Å². The monoisotopic (exact) mass is 979 g/mol. The SMILES string of the molecule is C=C1c2ccccc2N(C)c2ccccc21.CN1c2ccccc2C2(OOC2=O)c2ccccc21.Cc1cccc(C)c1O.Cc1cccc(C)c1OC(=O)c1c2ccccc2[n+](C)c2ccccc12.[3H]C.[3H]C.[3H]C. The van der Waals surface area contributed by atoms with Gasteiger partial charge in [0.15, 0.2) is 0 Å². The lowest BCUT2D eigenvalue weighted by Gasteiger charge is -2.44. The summed E-state index contributed by atoms with van der Waals surface area (Å²) in [4.78, 5) is 39.5. The van der Waals surface area contributed by atoms with Crippen molar-refractivity contribution >= 4 is 62.1 Å². The van der Waals surface area contributed by atoms with E-state index in [0.29, 0.717) is 17.1 Å². The summed E-state index contributed by atoms with van der Waals surface area (Å²) in [5.41, 5.74) is 14.9. The predicted octanol–water partition coefficient (Wildman–Crippen LogP) is 14.9. The van der Waals surface area contributed by atoms with Gasteiger partial charge in [0, 0.05) is 75.3 Å². The Labute approximate surface area is 434 Å². The van der Waals surface area contributed by atoms with Gasteiger partial charge in [0.2, 0.25) is 11.0 Å². The molecular formula is C64H66N3O6+. The van der Waals surface area contributed by atoms with Gasteiger partial charge < -0.3 is 19.6 Å². The lowest BCUT2D eigenvalue weighted by Crippen LogP contribution is -2.53. The van der Waals surface area contributed by atoms with Crippen LogP contribution >= 0.6 is 0 Å². The predicted molar refractivity (Wildman–Crippen MR) is 299 cm³/mol. The summed E-state index contributed by atoms with van der Waals surface area (Å²) < 4.78 is 25.2. The zero-order chi connectivity index (χ0) is 55.3. The molecule has 1 spiro atoms. The van der Waals surface area contributed by atoms with E-state index in [-0.39, 0.29) is 11.9 Å². The van der Waals surface area contributed by atoms with Gasteiger partial charge in [-0.1, -0.05) is 162 Å². The number of para-hydroxylation sites is 8. The van der Waals surface area contributed by atoms with Crippen molar-refractivity contribution in [3.8, 4) is 11.5 Å². The number of esters is 1. The smallest absolute Gasteiger partial charge is 0.387 e. The number of hydrogen-bond donors (Lipinski definition) is 1. The largest absolute Gasteiger partial charge is 0.507 e. The summed E-state index contributed by atoms with van der Waals surface area (Å²) in [6, 6.07) is 59.7. The van der Waals surface area contributed by atoms with Crippen molar-refractivity contribution < 1.29 is 37.9 Å². The second kappa shape index (κ2) is 22.3. The molecule has 1 aromatic heterocycles. The second-order valence-corrected chi connectivity index (χ2v) is 17.6. The summed E-state index contributed by atoms with van der Waals surface area (Å²) in [6.45, 7) is 11.9. The van der Waals surface area contributed by atoms with Gasteiger partial charge in [-0.2, -0.15) is 9.45 Å². The van der Waals surface area contributed by atoms with Gasteiger partial charge in [-0.05, 0) is 91.9 Å². The molecule has 0 aliphatic carbocycles. The van der Waals surface area contributed by atoms with Crippen LogP contribution < -0.4 is 19.1 Å². The van der Waals surface area contributed by atoms with Crippen LogP contribution in [0.25, 0.3) is 27.4 Å². The summed E-state index contributed by atoms with van der Waals surface area (Å²) in [5.74, 6) is 0.368. The number of fused-ring (bicyclic) bond motifs is 8. The highest BCUT2D eigenvalue weighted by Crippen LogP contribution is 2.53. The van der Waals surface area contributed by atoms with Crippen LogP contribution in [0.15, 0.2) is 189 Å². The van der Waals surface area contributed by atoms with E-state index in [1.807, 2.05) is 175 Å². The Morgan fingerprint density at radius 3 is 1.38 bits per heavy atom. The molecule has 0 amide bonds. The van der Waals surface area contributed by atoms with Crippen LogP contribution in [0.4, 0.5) is 22.7 Å². The number of carbonyl (C=O) groups excluding carboxylic acids is 2. The van der Waals surface area contributed by atoms with Crippen LogP contribution in [0.2, 0.25) is 0 Å². The van der Waals surface area contributed by atoms with Gasteiger partial charge in [0.1, 0.15) is 18.5 Å². The first-order valence-corrected chi connectivity index (χ1v) is 23.1. The molecule has 1 saturated heterocycles. The van der Waals surface area contributed by atoms with Gasteiger partial charge in [-0.3, -0.25) is 4.89 Å². The number of phenols is 1. The number of carbonyl (C=O) groups is 2. The van der Waals surface area contributed by atoms with Crippen molar-refractivity contribution in [3.05, 3.63) is 239 Å². The van der Waals surface area contributed by atoms with Crippen LogP contribution in [0.3, 0.4) is 0 Å². The first kappa shape index (κ1) is 49.5. The molecule has 4 heterocycles. The summed E-state index contributed by atoms with van der Waals surface area (Å²) >= 11 is 0. The molecule has 1 N–H and O–H groups in total. The van der Waals surface area contributed by atoms with Gasteiger partial charge in [0.25, 0.3) is 5.60 Å². The zero-order valence-corrected chi connectivity index (χ0v) is 43.4. The number of benzene rings is 8. The summed E-state index contributed by atoms with van der Waals surface area (Å²) in [7, 11) is 9.85. The fourth-order valence-corrected chi connectivity index (χ4v) is 9.55. The molecule has 8 aromatic carbocycles. The van der Waals surface area contributed by atoms with Gasteiger partial charge in [-0.25, -0.2) is 9.59 Å². The van der Waals surface area contributed by atoms with E-state index in [9.17, 15) is 14.7 Å². The minimum Gasteiger partial charge on any atom is -0.507 e. The number of phenolic OH excluding ortho intramolecular Hbond substituents is 1. The van der Waals surface area contributed by atoms with Crippen LogP contribution in [0, 0.1) is 27.7 Å². The van der Waals surface area contributed by atoms with Gasteiger partial charge >= 0.3 is 11.9 Å². The molecule has 1 fully saturated rings. The third kappa shape index (κ3) is 9.67. The Bertz CT molecular complexity index is 3330. The molecule has 12 rings (SSSR count). The normalized spacial score (nSPS) is 13.1. The molecule has 3 aliphatic heterocycles. The number of aromatic nitrogens is 1. The van der Waals surface area contributed by atoms with Crippen molar-refractivity contribution in [2.75, 3.05) is 23.9 Å². The summed E-state index contributed by atoms with van der Waals surface area (Å²) in [6.07, 6.45) is 0. The average molecular weight is 979 g/mol. The van der Waals surface area contributed by atoms with Crippen molar-refractivity contribution in [2.45, 2.75) is 55.5 Å². The highest BCUT2D eigenvalue weighted by molar-refractivity contribution is 6.13. The topological polar surface area (TPSA) is 92.4 Å². The van der Waals surface area contributed by atoms with E-state index in [2.05, 4.69) is 81.4 Å². The van der Waals surface area contributed by atoms with E-state index >= 15 is 0 Å². The van der Waals surface area contributed by atoms with Crippen LogP contribution in [0.5, 0.6) is 11.5 Å². The van der Waals surface area contributed by atoms with E-state index in [1.165, 1.54) is 44.7 Å². The van der Waals surface area contributed by atoms with E-state index in [1.54, 1.807) is 0 Å². The van der Waals surface area contributed by atoms with Gasteiger partial charge in [-0.15, -0.1) is 0 Å². The number of pyridine rings is 1. The first-order chi connectivity index (χ1) is 36.8. The number of nitrogens with zero attached hydrogens (tertiary/aromatic N) is 3. The maximum absolute atomic E-state index is 13.2. The molecule has 0 atom stereocenters. The third-order valence-corrected chi connectivity index (χ3v) is 13.3. The number of ether oxygens (including phenoxy) is 1. The molecule has 0 bridgehead atoms. The zero-order valence-electron chi connectivity index (χ0n) is 46.4. The second-order valence-electron chi connectivity index (χ2n) is 17.6. The van der Waals surface area contributed by atoms with Crippen molar-refractivity contribution in [1.29, 1.82) is 0 Å². The minimum absolute atomic E-state index is 0.324. The lowest BCUT2D eigenvalue weighted by molar-refractivity contribution is -0.617. The first-order valence-electron chi connectivity index (χ1n) is 26.1. The Kier molecular flexibility index (Phi) is 15.1. The lowest BCUT2D eigenvalue weighted by atomic mass is 9.80. The Morgan fingerprint density at radius 1 is 0.575 bits per heavy atom. The standard InChI is InChI=1S/C23H20NO2.C15H11NO3.C15H13N.C8H10O.3CH4/c1-15-9-8-10-16(2)22(15)26-23(25)21-17-11-4-6-13-19(17)24(3)20-14-7-5-12-18(20)21;1-16-12-8-4-2-6-10(12)15(14(17)18-19-15)11-7-3-5-9-13(11)16;1-11-12-7-3-5-9-14(12)16(2)15-10-6-4-8-13(11)15;1-6-4-3-5-7(2)8(6)9;;;/h4-14H,1-3H3;2-9H,1H3;3-10H,1H2,2H3;3-5,9H,1-2H3;3*1H4/q+1;;;;;;/i;;;;3*1T. The molecule has 0 saturated carbocycles. The summed E-state index contributed by atoms with van der Waals surface area (Å²) in [5, 5.41) is 11.0. The highest BCUT2D eigenvalue weighted by atomic mass is 17.3. The molecule has 0 radical (unpaired) electrons. The Morgan fingerprint density at radius 2 is 0.959 bits per heavy atom. The van der Waals surface area contributed by atoms with E-state index < -0.39 is 5.60 Å². The molecule has 3 aliphatic rings. The molecule has 372 valence electrons. The highest BCUT2D eigenvalue weighted by Gasteiger charge is 2.60. The third-order valence-electron chi connectivity index (χ3n) is 13.3. The Balaban J connectivity index is 0.000000167. The minimum atomic E-state index is -1.10. The number of anilines is 4. The molecule has 0 unspecified atom stereocenters. The molecule has 9 nitrogen and oxygen atoms in total. The van der Waals surface area contributed by atoms with Crippen LogP contribution in [0.1, 0.15) is 81.2 Å². The van der Waals surface area contributed by atoms with E-state index in [0.717, 1.165) is 72.1 Å². The fourth-order valence-electron chi connectivity index (χ4n) is 9.55. The van der Waals surface area contributed by atoms with Crippen molar-refractivity contribution in [1.82, 2.24) is 0 Å². The Hall–Kier alpha value is -8.53. The number of rotatable bonds is 2. The fraction of sp³-hybridized carbons (Fsp3) is 0.172. The quantitative estimate of drug-likeness (QED) is 0.0602. The van der Waals surface area contributed by atoms with Crippen molar-refractivity contribution in [3.63, 3.8) is 0 Å². The molecular weight excluding hydrogens is 907 g/mol. The maximum Gasteiger partial charge on any atom is 0.387 e. The number of aryl methyl sites for hydroxylation is 5. The van der Waals surface area contributed by atoms with Crippen molar-refractivity contribution in [2.24, 2.45) is 7.05 Å².